The number of carbonyl (C=O) groups is 1. The number of aromatic nitrogens is 4. The molecular formula is C21H23ClF3N5O. The Labute approximate surface area is 183 Å². The second-order valence-electron chi connectivity index (χ2n) is 7.34. The second-order valence-corrected chi connectivity index (χ2v) is 7.72. The van der Waals surface area contributed by atoms with E-state index in [1.54, 1.807) is 19.1 Å². The Morgan fingerprint density at radius 3 is 2.32 bits per heavy atom. The predicted octanol–water partition coefficient (Wildman–Crippen LogP) is 4.55. The summed E-state index contributed by atoms with van der Waals surface area (Å²) in [5.41, 5.74) is 2.67. The molecule has 1 aromatic carbocycles. The van der Waals surface area contributed by atoms with Crippen LogP contribution < -0.4 is 5.32 Å². The van der Waals surface area contributed by atoms with Gasteiger partial charge in [0.2, 0.25) is 0 Å². The highest BCUT2D eigenvalue weighted by molar-refractivity contribution is 6.31. The maximum atomic E-state index is 12.7. The maximum Gasteiger partial charge on any atom is 0.435 e. The Balaban J connectivity index is 1.50. The monoisotopic (exact) mass is 453 g/mol. The third-order valence-corrected chi connectivity index (χ3v) is 5.49. The quantitative estimate of drug-likeness (QED) is 0.534. The van der Waals surface area contributed by atoms with Crippen molar-refractivity contribution in [1.82, 2.24) is 24.9 Å². The third kappa shape index (κ3) is 5.46. The molecule has 2 heterocycles. The molecule has 31 heavy (non-hydrogen) atoms. The van der Waals surface area contributed by atoms with Crippen LogP contribution in [-0.2, 0) is 19.3 Å². The Kier molecular flexibility index (Phi) is 6.74. The van der Waals surface area contributed by atoms with Crippen LogP contribution >= 0.6 is 11.6 Å². The summed E-state index contributed by atoms with van der Waals surface area (Å²) in [6, 6.07) is 8.17. The molecule has 166 valence electrons. The molecule has 0 atom stereocenters. The zero-order chi connectivity index (χ0) is 22.8. The van der Waals surface area contributed by atoms with E-state index in [9.17, 15) is 18.0 Å². The molecule has 1 N–H and O–H groups in total. The van der Waals surface area contributed by atoms with Crippen LogP contribution in [0, 0.1) is 20.8 Å². The van der Waals surface area contributed by atoms with Crippen molar-refractivity contribution in [2.75, 3.05) is 6.54 Å². The molecule has 0 bridgehead atoms. The van der Waals surface area contributed by atoms with Crippen molar-refractivity contribution in [1.29, 1.82) is 0 Å². The molecule has 0 aliphatic heterocycles. The lowest BCUT2D eigenvalue weighted by Crippen LogP contribution is -2.25. The molecule has 0 aliphatic rings. The molecule has 0 saturated heterocycles. The van der Waals surface area contributed by atoms with Crippen molar-refractivity contribution in [2.24, 2.45) is 0 Å². The van der Waals surface area contributed by atoms with E-state index in [1.807, 2.05) is 30.7 Å². The summed E-state index contributed by atoms with van der Waals surface area (Å²) in [5.74, 6) is -0.242. The van der Waals surface area contributed by atoms with Crippen LogP contribution in [0.3, 0.4) is 0 Å². The number of nitrogens with zero attached hydrogens (tertiary/aromatic N) is 4. The second kappa shape index (κ2) is 9.13. The molecule has 0 spiro atoms. The lowest BCUT2D eigenvalue weighted by Gasteiger charge is -2.08. The molecule has 0 saturated carbocycles. The first-order valence-corrected chi connectivity index (χ1v) is 10.1. The maximum absolute atomic E-state index is 12.7. The molecular weight excluding hydrogens is 431 g/mol. The number of amides is 1. The molecule has 0 radical (unpaired) electrons. The fourth-order valence-electron chi connectivity index (χ4n) is 3.17. The summed E-state index contributed by atoms with van der Waals surface area (Å²) in [6.45, 7) is 6.48. The van der Waals surface area contributed by atoms with Crippen molar-refractivity contribution < 1.29 is 18.0 Å². The van der Waals surface area contributed by atoms with Gasteiger partial charge in [0, 0.05) is 24.3 Å². The number of aryl methyl sites for hydroxylation is 3. The van der Waals surface area contributed by atoms with Crippen LogP contribution in [0.25, 0.3) is 0 Å². The highest BCUT2D eigenvalue weighted by Crippen LogP contribution is 2.28. The minimum Gasteiger partial charge on any atom is -0.352 e. The average Bonchev–Trinajstić information content (AvgIpc) is 3.20. The zero-order valence-electron chi connectivity index (χ0n) is 17.4. The smallest absolute Gasteiger partial charge is 0.352 e. The Morgan fingerprint density at radius 1 is 1.10 bits per heavy atom. The number of halogens is 4. The van der Waals surface area contributed by atoms with Crippen LogP contribution in [-0.4, -0.2) is 32.0 Å². The first kappa shape index (κ1) is 22.9. The molecule has 6 nitrogen and oxygen atoms in total. The minimum absolute atomic E-state index is 0.242. The zero-order valence-corrected chi connectivity index (χ0v) is 18.2. The molecule has 1 amide bonds. The topological polar surface area (TPSA) is 64.7 Å². The highest BCUT2D eigenvalue weighted by atomic mass is 35.5. The minimum atomic E-state index is -4.46. The van der Waals surface area contributed by atoms with Gasteiger partial charge in [0.15, 0.2) is 5.69 Å². The first-order valence-electron chi connectivity index (χ1n) is 9.74. The van der Waals surface area contributed by atoms with Gasteiger partial charge in [0.25, 0.3) is 5.91 Å². The van der Waals surface area contributed by atoms with E-state index in [1.165, 1.54) is 4.68 Å². The highest BCUT2D eigenvalue weighted by Gasteiger charge is 2.34. The van der Waals surface area contributed by atoms with E-state index in [4.69, 9.17) is 11.6 Å². The summed E-state index contributed by atoms with van der Waals surface area (Å²) in [5, 5.41) is 11.4. The molecule has 0 unspecified atom stereocenters. The number of hydrogen-bond donors (Lipinski definition) is 1. The number of benzene rings is 1. The molecule has 3 rings (SSSR count). The summed E-state index contributed by atoms with van der Waals surface area (Å²) in [4.78, 5) is 12.3. The Hall–Kier alpha value is -2.81. The van der Waals surface area contributed by atoms with Crippen LogP contribution in [0.1, 0.15) is 45.1 Å². The van der Waals surface area contributed by atoms with E-state index in [0.29, 0.717) is 35.8 Å². The Bertz CT molecular complexity index is 1070. The van der Waals surface area contributed by atoms with Crippen LogP contribution in [0.5, 0.6) is 0 Å². The fraction of sp³-hybridized carbons (Fsp3) is 0.381. The van der Waals surface area contributed by atoms with Gasteiger partial charge in [0.1, 0.15) is 0 Å². The van der Waals surface area contributed by atoms with Gasteiger partial charge in [-0.05, 0) is 51.0 Å². The number of carbonyl (C=O) groups excluding carboxylic acids is 1. The van der Waals surface area contributed by atoms with Gasteiger partial charge < -0.3 is 5.32 Å². The number of alkyl halides is 3. The van der Waals surface area contributed by atoms with Gasteiger partial charge in [0.05, 0.1) is 23.0 Å². The first-order chi connectivity index (χ1) is 14.6. The van der Waals surface area contributed by atoms with Gasteiger partial charge in [-0.25, -0.2) is 0 Å². The van der Waals surface area contributed by atoms with Gasteiger partial charge in [-0.1, -0.05) is 23.7 Å². The Morgan fingerprint density at radius 2 is 1.77 bits per heavy atom. The molecule has 10 heteroatoms. The summed E-state index contributed by atoms with van der Waals surface area (Å²) >= 11 is 6.17. The van der Waals surface area contributed by atoms with Gasteiger partial charge in [-0.3, -0.25) is 14.2 Å². The van der Waals surface area contributed by atoms with Gasteiger partial charge in [-0.15, -0.1) is 0 Å². The van der Waals surface area contributed by atoms with E-state index >= 15 is 0 Å². The van der Waals surface area contributed by atoms with Crippen molar-refractivity contribution in [3.63, 3.8) is 0 Å². The number of nitrogens with one attached hydrogen (secondary N) is 1. The molecule has 3 aromatic rings. The van der Waals surface area contributed by atoms with E-state index in [0.717, 1.165) is 23.0 Å². The molecule has 2 aromatic heterocycles. The van der Waals surface area contributed by atoms with E-state index < -0.39 is 11.9 Å². The van der Waals surface area contributed by atoms with Gasteiger partial charge in [-0.2, -0.15) is 23.4 Å². The fourth-order valence-corrected chi connectivity index (χ4v) is 3.31. The summed E-state index contributed by atoms with van der Waals surface area (Å²) < 4.78 is 41.2. The van der Waals surface area contributed by atoms with Crippen molar-refractivity contribution in [3.05, 3.63) is 69.3 Å². The van der Waals surface area contributed by atoms with Crippen LogP contribution in [0.2, 0.25) is 5.02 Å². The predicted molar refractivity (Wildman–Crippen MR) is 111 cm³/mol. The molecule has 0 fully saturated rings. The van der Waals surface area contributed by atoms with Gasteiger partial charge >= 0.3 is 6.18 Å². The van der Waals surface area contributed by atoms with Crippen molar-refractivity contribution in [2.45, 2.75) is 46.5 Å². The van der Waals surface area contributed by atoms with Crippen molar-refractivity contribution in [3.8, 4) is 0 Å². The normalized spacial score (nSPS) is 11.7. The van der Waals surface area contributed by atoms with Crippen molar-refractivity contribution >= 4 is 17.5 Å². The SMILES string of the molecule is Cc1nn(Cc2ccc(C(=O)NCCCn3nc(C(F)(F)F)cc3C)cc2)c(C)c1Cl. The lowest BCUT2D eigenvalue weighted by atomic mass is 10.1. The lowest BCUT2D eigenvalue weighted by molar-refractivity contribution is -0.141. The molecule has 0 aliphatic carbocycles. The largest absolute Gasteiger partial charge is 0.435 e. The average molecular weight is 454 g/mol. The number of rotatable bonds is 7. The number of hydrogen-bond acceptors (Lipinski definition) is 3. The summed E-state index contributed by atoms with van der Waals surface area (Å²) in [6.07, 6.45) is -4.00. The van der Waals surface area contributed by atoms with E-state index in [2.05, 4.69) is 15.5 Å². The van der Waals surface area contributed by atoms with Crippen LogP contribution in [0.15, 0.2) is 30.3 Å². The van der Waals surface area contributed by atoms with E-state index in [-0.39, 0.29) is 12.5 Å². The third-order valence-electron chi connectivity index (χ3n) is 4.95. The summed E-state index contributed by atoms with van der Waals surface area (Å²) in [7, 11) is 0. The van der Waals surface area contributed by atoms with Crippen LogP contribution in [0.4, 0.5) is 13.2 Å². The standard InChI is InChI=1S/C21H23ClF3N5O/c1-13-11-18(21(23,24)25)28-29(13)10-4-9-26-20(31)17-7-5-16(6-8-17)12-30-15(3)19(22)14(2)27-30/h5-8,11H,4,9-10,12H2,1-3H3,(H,26,31).